The lowest BCUT2D eigenvalue weighted by Crippen LogP contribution is -2.33. The number of rotatable bonds is 3. The second-order valence-corrected chi connectivity index (χ2v) is 4.38. The van der Waals surface area contributed by atoms with Gasteiger partial charge in [-0.25, -0.2) is 4.79 Å². The first-order valence-electron chi connectivity index (χ1n) is 6.24. The first kappa shape index (κ1) is 12.6. The fourth-order valence-electron chi connectivity index (χ4n) is 2.12. The van der Waals surface area contributed by atoms with Gasteiger partial charge in [-0.15, -0.1) is 0 Å². The molecule has 1 aliphatic rings. The van der Waals surface area contributed by atoms with Crippen LogP contribution < -0.4 is 5.32 Å². The van der Waals surface area contributed by atoms with E-state index in [4.69, 9.17) is 4.74 Å². The van der Waals surface area contributed by atoms with Crippen LogP contribution in [0.5, 0.6) is 0 Å². The van der Waals surface area contributed by atoms with Gasteiger partial charge in [-0.05, 0) is 31.0 Å². The first-order valence-corrected chi connectivity index (χ1v) is 6.24. The molecule has 96 valence electrons. The third-order valence-corrected chi connectivity index (χ3v) is 3.16. The Morgan fingerprint density at radius 2 is 2.11 bits per heavy atom. The van der Waals surface area contributed by atoms with E-state index in [9.17, 15) is 9.59 Å². The summed E-state index contributed by atoms with van der Waals surface area (Å²) in [6.07, 6.45) is 1.44. The molecule has 1 fully saturated rings. The molecule has 1 aromatic rings. The van der Waals surface area contributed by atoms with E-state index < -0.39 is 0 Å². The number of ether oxygens (including phenoxy) is 1. The molecule has 0 bridgehead atoms. The van der Waals surface area contributed by atoms with Crippen LogP contribution in [0.25, 0.3) is 0 Å². The maximum Gasteiger partial charge on any atom is 0.338 e. The summed E-state index contributed by atoms with van der Waals surface area (Å²) >= 11 is 0. The predicted octanol–water partition coefficient (Wildman–Crippen LogP) is 1.86. The van der Waals surface area contributed by atoms with Crippen molar-refractivity contribution in [3.8, 4) is 0 Å². The van der Waals surface area contributed by atoms with Crippen LogP contribution in [-0.4, -0.2) is 25.0 Å². The molecule has 4 heteroatoms. The quantitative estimate of drug-likeness (QED) is 0.829. The second kappa shape index (κ2) is 5.67. The average Bonchev–Trinajstić information content (AvgIpc) is 2.40. The molecule has 0 saturated carbocycles. The van der Waals surface area contributed by atoms with Crippen molar-refractivity contribution in [1.29, 1.82) is 0 Å². The number of benzene rings is 1. The van der Waals surface area contributed by atoms with Crippen LogP contribution in [0.4, 0.5) is 0 Å². The summed E-state index contributed by atoms with van der Waals surface area (Å²) in [5, 5.41) is 2.86. The topological polar surface area (TPSA) is 55.4 Å². The molecule has 1 atom stereocenters. The summed E-state index contributed by atoms with van der Waals surface area (Å²) in [6.45, 7) is 2.85. The van der Waals surface area contributed by atoms with Crippen molar-refractivity contribution >= 4 is 11.9 Å². The highest BCUT2D eigenvalue weighted by atomic mass is 16.5. The Kier molecular flexibility index (Phi) is 3.97. The molecule has 1 saturated heterocycles. The molecule has 1 aliphatic heterocycles. The fraction of sp³-hybridized carbons (Fsp3) is 0.429. The van der Waals surface area contributed by atoms with Crippen LogP contribution >= 0.6 is 0 Å². The number of carbonyl (C=O) groups is 2. The molecule has 0 aromatic heterocycles. The Bertz CT molecular complexity index is 429. The summed E-state index contributed by atoms with van der Waals surface area (Å²) < 4.78 is 4.93. The standard InChI is InChI=1S/C14H17NO3/c1-2-18-14(17)11-5-3-10(4-6-11)12-7-8-13(16)15-9-12/h3-6,12H,2,7-9H2,1H3,(H,15,16)/t12-/m0/s1. The molecule has 1 amide bonds. The van der Waals surface area contributed by atoms with Crippen molar-refractivity contribution in [3.63, 3.8) is 0 Å². The molecule has 1 aromatic carbocycles. The van der Waals surface area contributed by atoms with Gasteiger partial charge in [0.2, 0.25) is 5.91 Å². The molecule has 0 aliphatic carbocycles. The highest BCUT2D eigenvalue weighted by Gasteiger charge is 2.19. The van der Waals surface area contributed by atoms with Crippen LogP contribution in [0, 0.1) is 0 Å². The van der Waals surface area contributed by atoms with E-state index in [1.54, 1.807) is 19.1 Å². The van der Waals surface area contributed by atoms with Gasteiger partial charge in [0.05, 0.1) is 12.2 Å². The minimum atomic E-state index is -0.291. The molecule has 18 heavy (non-hydrogen) atoms. The van der Waals surface area contributed by atoms with Crippen molar-refractivity contribution < 1.29 is 14.3 Å². The molecule has 1 N–H and O–H groups in total. The third kappa shape index (κ3) is 2.88. The van der Waals surface area contributed by atoms with E-state index in [2.05, 4.69) is 5.32 Å². The Hall–Kier alpha value is -1.84. The Morgan fingerprint density at radius 3 is 2.67 bits per heavy atom. The van der Waals surface area contributed by atoms with Gasteiger partial charge in [-0.1, -0.05) is 12.1 Å². The number of carbonyl (C=O) groups excluding carboxylic acids is 2. The number of piperidine rings is 1. The van der Waals surface area contributed by atoms with Crippen LogP contribution in [0.1, 0.15) is 41.6 Å². The number of hydrogen-bond acceptors (Lipinski definition) is 3. The van der Waals surface area contributed by atoms with Crippen LogP contribution in [-0.2, 0) is 9.53 Å². The van der Waals surface area contributed by atoms with Gasteiger partial charge in [-0.3, -0.25) is 4.79 Å². The zero-order chi connectivity index (χ0) is 13.0. The third-order valence-electron chi connectivity index (χ3n) is 3.16. The Balaban J connectivity index is 2.03. The maximum absolute atomic E-state index is 11.5. The van der Waals surface area contributed by atoms with Crippen molar-refractivity contribution in [3.05, 3.63) is 35.4 Å². The zero-order valence-electron chi connectivity index (χ0n) is 10.4. The summed E-state index contributed by atoms with van der Waals surface area (Å²) in [5.41, 5.74) is 1.73. The fourth-order valence-corrected chi connectivity index (χ4v) is 2.12. The van der Waals surface area contributed by atoms with E-state index in [0.29, 0.717) is 31.1 Å². The molecule has 0 spiro atoms. The number of esters is 1. The van der Waals surface area contributed by atoms with Gasteiger partial charge in [-0.2, -0.15) is 0 Å². The second-order valence-electron chi connectivity index (χ2n) is 4.38. The first-order chi connectivity index (χ1) is 8.70. The van der Waals surface area contributed by atoms with E-state index in [1.807, 2.05) is 12.1 Å². The van der Waals surface area contributed by atoms with E-state index in [1.165, 1.54) is 0 Å². The summed E-state index contributed by atoms with van der Waals surface area (Å²) in [7, 11) is 0. The highest BCUT2D eigenvalue weighted by molar-refractivity contribution is 5.89. The predicted molar refractivity (Wildman–Crippen MR) is 67.4 cm³/mol. The molecule has 1 heterocycles. The van der Waals surface area contributed by atoms with Gasteiger partial charge in [0.25, 0.3) is 0 Å². The van der Waals surface area contributed by atoms with Crippen molar-refractivity contribution in [1.82, 2.24) is 5.32 Å². The van der Waals surface area contributed by atoms with E-state index in [0.717, 1.165) is 12.0 Å². The van der Waals surface area contributed by atoms with Crippen molar-refractivity contribution in [2.75, 3.05) is 13.2 Å². The largest absolute Gasteiger partial charge is 0.462 e. The lowest BCUT2D eigenvalue weighted by molar-refractivity contribution is -0.122. The van der Waals surface area contributed by atoms with Crippen LogP contribution in [0.3, 0.4) is 0 Å². The highest BCUT2D eigenvalue weighted by Crippen LogP contribution is 2.23. The lowest BCUT2D eigenvalue weighted by atomic mass is 9.91. The van der Waals surface area contributed by atoms with Gasteiger partial charge in [0.1, 0.15) is 0 Å². The Morgan fingerprint density at radius 1 is 1.39 bits per heavy atom. The van der Waals surface area contributed by atoms with Crippen molar-refractivity contribution in [2.45, 2.75) is 25.7 Å². The van der Waals surface area contributed by atoms with Crippen molar-refractivity contribution in [2.24, 2.45) is 0 Å². The van der Waals surface area contributed by atoms with Gasteiger partial charge >= 0.3 is 5.97 Å². The number of nitrogens with one attached hydrogen (secondary N) is 1. The summed E-state index contributed by atoms with van der Waals surface area (Å²) in [5.74, 6) is 0.175. The molecule has 0 unspecified atom stereocenters. The molecule has 2 rings (SSSR count). The molecule has 4 nitrogen and oxygen atoms in total. The smallest absolute Gasteiger partial charge is 0.338 e. The lowest BCUT2D eigenvalue weighted by Gasteiger charge is -2.22. The molecular formula is C14H17NO3. The molecule has 0 radical (unpaired) electrons. The average molecular weight is 247 g/mol. The normalized spacial score (nSPS) is 19.2. The zero-order valence-corrected chi connectivity index (χ0v) is 10.4. The number of hydrogen-bond donors (Lipinski definition) is 1. The summed E-state index contributed by atoms with van der Waals surface area (Å²) in [6, 6.07) is 7.44. The van der Waals surface area contributed by atoms with E-state index >= 15 is 0 Å². The minimum Gasteiger partial charge on any atom is -0.462 e. The maximum atomic E-state index is 11.5. The minimum absolute atomic E-state index is 0.120. The Labute approximate surface area is 106 Å². The molecular weight excluding hydrogens is 230 g/mol. The van der Waals surface area contributed by atoms with Gasteiger partial charge < -0.3 is 10.1 Å². The number of amides is 1. The monoisotopic (exact) mass is 247 g/mol. The van der Waals surface area contributed by atoms with Gasteiger partial charge in [0.15, 0.2) is 0 Å². The summed E-state index contributed by atoms with van der Waals surface area (Å²) in [4.78, 5) is 22.6. The SMILES string of the molecule is CCOC(=O)c1ccc([C@H]2CCC(=O)NC2)cc1. The van der Waals surface area contributed by atoms with Crippen LogP contribution in [0.15, 0.2) is 24.3 Å². The van der Waals surface area contributed by atoms with E-state index in [-0.39, 0.29) is 11.9 Å². The van der Waals surface area contributed by atoms with Crippen LogP contribution in [0.2, 0.25) is 0 Å². The van der Waals surface area contributed by atoms with Gasteiger partial charge in [0, 0.05) is 18.9 Å².